The first-order chi connectivity index (χ1) is 13.1. The van der Waals surface area contributed by atoms with Gasteiger partial charge in [0, 0.05) is 0 Å². The number of aromatic hydroxyl groups is 1. The van der Waals surface area contributed by atoms with Crippen LogP contribution in [0.2, 0.25) is 0 Å². The Morgan fingerprint density at radius 3 is 2.07 bits per heavy atom. The Hall–Kier alpha value is -3.14. The SMILES string of the molecule is CCCC[C@H](NC(=O)[C@H](Cc1ccc(O)cc1)NC(C(=O)O)C(=O)O)C(N)=O. The van der Waals surface area contributed by atoms with Gasteiger partial charge in [-0.25, -0.2) is 9.59 Å². The van der Waals surface area contributed by atoms with E-state index < -0.39 is 41.9 Å². The summed E-state index contributed by atoms with van der Waals surface area (Å²) in [5.74, 6) is -4.81. The average molecular weight is 395 g/mol. The standard InChI is InChI=1S/C18H25N3O7/c1-2-3-4-12(15(19)23)21-16(24)13(20-14(17(25)26)18(27)28)9-10-5-7-11(22)8-6-10/h5-8,12-14,20,22H,2-4,9H2,1H3,(H2,19,23)(H,21,24)(H,25,26)(H,27,28)/t12-,13-/m0/s1. The normalized spacial score (nSPS) is 12.9. The number of primary amides is 1. The molecule has 28 heavy (non-hydrogen) atoms. The molecule has 0 aromatic heterocycles. The van der Waals surface area contributed by atoms with Crippen molar-refractivity contribution in [1.29, 1.82) is 0 Å². The molecule has 1 rings (SSSR count). The molecule has 10 nitrogen and oxygen atoms in total. The van der Waals surface area contributed by atoms with Crippen LogP contribution in [0.3, 0.4) is 0 Å². The number of nitrogens with one attached hydrogen (secondary N) is 2. The summed E-state index contributed by atoms with van der Waals surface area (Å²) in [4.78, 5) is 46.6. The molecular formula is C18H25N3O7. The van der Waals surface area contributed by atoms with Gasteiger partial charge in [-0.05, 0) is 30.5 Å². The van der Waals surface area contributed by atoms with Gasteiger partial charge in [0.15, 0.2) is 0 Å². The van der Waals surface area contributed by atoms with Crippen molar-refractivity contribution in [2.45, 2.75) is 50.7 Å². The summed E-state index contributed by atoms with van der Waals surface area (Å²) >= 11 is 0. The van der Waals surface area contributed by atoms with Crippen LogP contribution >= 0.6 is 0 Å². The maximum absolute atomic E-state index is 12.7. The first-order valence-electron chi connectivity index (χ1n) is 8.75. The van der Waals surface area contributed by atoms with E-state index >= 15 is 0 Å². The number of carbonyl (C=O) groups excluding carboxylic acids is 2. The lowest BCUT2D eigenvalue weighted by molar-refractivity contribution is -0.151. The predicted octanol–water partition coefficient (Wildman–Crippen LogP) is -0.409. The van der Waals surface area contributed by atoms with E-state index in [1.807, 2.05) is 6.92 Å². The molecule has 0 heterocycles. The van der Waals surface area contributed by atoms with Gasteiger partial charge in [0.05, 0.1) is 6.04 Å². The van der Waals surface area contributed by atoms with Gasteiger partial charge in [0.1, 0.15) is 11.8 Å². The number of carboxylic acid groups (broad SMARTS) is 2. The molecule has 10 heteroatoms. The van der Waals surface area contributed by atoms with Crippen LogP contribution < -0.4 is 16.4 Å². The number of carbonyl (C=O) groups is 4. The van der Waals surface area contributed by atoms with Crippen molar-refractivity contribution in [3.8, 4) is 5.75 Å². The Morgan fingerprint density at radius 2 is 1.61 bits per heavy atom. The summed E-state index contributed by atoms with van der Waals surface area (Å²) in [5.41, 5.74) is 5.85. The number of amides is 2. The van der Waals surface area contributed by atoms with Gasteiger partial charge in [-0.15, -0.1) is 0 Å². The second-order valence-electron chi connectivity index (χ2n) is 6.31. The van der Waals surface area contributed by atoms with E-state index in [0.717, 1.165) is 6.42 Å². The Morgan fingerprint density at radius 1 is 1.04 bits per heavy atom. The third-order valence-electron chi connectivity index (χ3n) is 4.06. The molecule has 2 amide bonds. The second-order valence-corrected chi connectivity index (χ2v) is 6.31. The number of rotatable bonds is 12. The van der Waals surface area contributed by atoms with Crippen molar-refractivity contribution in [2.75, 3.05) is 0 Å². The van der Waals surface area contributed by atoms with Crippen LogP contribution in [-0.2, 0) is 25.6 Å². The highest BCUT2D eigenvalue weighted by Crippen LogP contribution is 2.12. The quantitative estimate of drug-likeness (QED) is 0.258. The summed E-state index contributed by atoms with van der Waals surface area (Å²) in [6, 6.07) is 1.55. The molecule has 0 saturated carbocycles. The molecule has 154 valence electrons. The maximum Gasteiger partial charge on any atom is 0.332 e. The number of hydrogen-bond donors (Lipinski definition) is 6. The molecule has 0 aliphatic rings. The fourth-order valence-electron chi connectivity index (χ4n) is 2.51. The number of aliphatic carboxylic acids is 2. The largest absolute Gasteiger partial charge is 0.508 e. The first kappa shape index (κ1) is 22.9. The maximum atomic E-state index is 12.7. The molecule has 2 atom stereocenters. The molecule has 0 fully saturated rings. The molecule has 0 saturated heterocycles. The van der Waals surface area contributed by atoms with Crippen molar-refractivity contribution >= 4 is 23.8 Å². The zero-order valence-electron chi connectivity index (χ0n) is 15.4. The molecule has 0 spiro atoms. The van der Waals surface area contributed by atoms with E-state index in [9.17, 15) is 24.3 Å². The fraction of sp³-hybridized carbons (Fsp3) is 0.444. The van der Waals surface area contributed by atoms with Crippen molar-refractivity contribution in [3.05, 3.63) is 29.8 Å². The van der Waals surface area contributed by atoms with Gasteiger partial charge < -0.3 is 26.4 Å². The molecular weight excluding hydrogens is 370 g/mol. The van der Waals surface area contributed by atoms with Crippen molar-refractivity contribution in [2.24, 2.45) is 5.73 Å². The van der Waals surface area contributed by atoms with Gasteiger partial charge in [-0.3, -0.25) is 14.9 Å². The van der Waals surface area contributed by atoms with Gasteiger partial charge in [-0.1, -0.05) is 31.9 Å². The minimum absolute atomic E-state index is 0.0000160. The van der Waals surface area contributed by atoms with Gasteiger partial charge in [0.2, 0.25) is 17.9 Å². The monoisotopic (exact) mass is 395 g/mol. The van der Waals surface area contributed by atoms with E-state index in [0.29, 0.717) is 18.4 Å². The molecule has 1 aromatic rings. The number of phenolic OH excluding ortho intramolecular Hbond substituents is 1. The van der Waals surface area contributed by atoms with Crippen LogP contribution in [0.4, 0.5) is 0 Å². The lowest BCUT2D eigenvalue weighted by Gasteiger charge is -2.23. The lowest BCUT2D eigenvalue weighted by atomic mass is 10.0. The van der Waals surface area contributed by atoms with Crippen LogP contribution in [0.25, 0.3) is 0 Å². The summed E-state index contributed by atoms with van der Waals surface area (Å²) in [7, 11) is 0. The van der Waals surface area contributed by atoms with E-state index in [2.05, 4.69) is 10.6 Å². The lowest BCUT2D eigenvalue weighted by Crippen LogP contribution is -2.57. The topological polar surface area (TPSA) is 179 Å². The third-order valence-corrected chi connectivity index (χ3v) is 4.06. The number of benzene rings is 1. The average Bonchev–Trinajstić information content (AvgIpc) is 2.62. The smallest absolute Gasteiger partial charge is 0.332 e. The highest BCUT2D eigenvalue weighted by atomic mass is 16.4. The highest BCUT2D eigenvalue weighted by Gasteiger charge is 2.32. The van der Waals surface area contributed by atoms with E-state index in [-0.39, 0.29) is 12.2 Å². The number of phenols is 1. The predicted molar refractivity (Wildman–Crippen MR) is 98.4 cm³/mol. The van der Waals surface area contributed by atoms with Crippen molar-refractivity contribution in [1.82, 2.24) is 10.6 Å². The van der Waals surface area contributed by atoms with Crippen LogP contribution in [0.5, 0.6) is 5.75 Å². The molecule has 0 unspecified atom stereocenters. The Labute approximate surface area is 161 Å². The van der Waals surface area contributed by atoms with E-state index in [1.54, 1.807) is 0 Å². The number of unbranched alkanes of at least 4 members (excludes halogenated alkanes) is 1. The summed E-state index contributed by atoms with van der Waals surface area (Å²) in [6.07, 6.45) is 1.65. The van der Waals surface area contributed by atoms with Crippen LogP contribution in [0.1, 0.15) is 31.7 Å². The Kier molecular flexibility index (Phi) is 8.89. The van der Waals surface area contributed by atoms with Gasteiger partial charge in [-0.2, -0.15) is 0 Å². The van der Waals surface area contributed by atoms with Crippen LogP contribution in [0.15, 0.2) is 24.3 Å². The number of carboxylic acids is 2. The summed E-state index contributed by atoms with van der Waals surface area (Å²) < 4.78 is 0. The molecule has 0 aliphatic heterocycles. The zero-order chi connectivity index (χ0) is 21.3. The number of nitrogens with two attached hydrogens (primary N) is 1. The minimum Gasteiger partial charge on any atom is -0.508 e. The Bertz CT molecular complexity index is 692. The summed E-state index contributed by atoms with van der Waals surface area (Å²) in [5, 5.41) is 32.3. The van der Waals surface area contributed by atoms with E-state index in [4.69, 9.17) is 15.9 Å². The van der Waals surface area contributed by atoms with Crippen molar-refractivity contribution < 1.29 is 34.5 Å². The van der Waals surface area contributed by atoms with Crippen LogP contribution in [-0.4, -0.2) is 57.2 Å². The van der Waals surface area contributed by atoms with Gasteiger partial charge in [0.25, 0.3) is 0 Å². The molecule has 1 aromatic carbocycles. The molecule has 0 aliphatic carbocycles. The molecule has 0 radical (unpaired) electrons. The highest BCUT2D eigenvalue weighted by molar-refractivity contribution is 5.98. The van der Waals surface area contributed by atoms with Gasteiger partial charge >= 0.3 is 11.9 Å². The van der Waals surface area contributed by atoms with Crippen LogP contribution in [0, 0.1) is 0 Å². The molecule has 0 bridgehead atoms. The second kappa shape index (κ2) is 10.9. The summed E-state index contributed by atoms with van der Waals surface area (Å²) in [6.45, 7) is 1.90. The Balaban J connectivity index is 3.04. The third kappa shape index (κ3) is 7.23. The minimum atomic E-state index is -2.02. The zero-order valence-corrected chi connectivity index (χ0v) is 15.4. The first-order valence-corrected chi connectivity index (χ1v) is 8.75. The fourth-order valence-corrected chi connectivity index (χ4v) is 2.51. The van der Waals surface area contributed by atoms with E-state index in [1.165, 1.54) is 24.3 Å². The number of hydrogen-bond acceptors (Lipinski definition) is 6. The van der Waals surface area contributed by atoms with Crippen molar-refractivity contribution in [3.63, 3.8) is 0 Å². The molecule has 7 N–H and O–H groups in total.